The fourth-order valence-corrected chi connectivity index (χ4v) is 3.81. The lowest BCUT2D eigenvalue weighted by molar-refractivity contribution is 0.0596. The van der Waals surface area contributed by atoms with E-state index in [0.29, 0.717) is 24.1 Å². The summed E-state index contributed by atoms with van der Waals surface area (Å²) in [5.41, 5.74) is 2.31. The number of hydrogen-bond acceptors (Lipinski definition) is 5. The Morgan fingerprint density at radius 1 is 1.03 bits per heavy atom. The fraction of sp³-hybridized carbons (Fsp3) is 0.227. The number of carbonyl (C=O) groups is 1. The Bertz CT molecular complexity index is 1250. The quantitative estimate of drug-likeness (QED) is 0.539. The van der Waals surface area contributed by atoms with Crippen LogP contribution in [0.4, 0.5) is 0 Å². The summed E-state index contributed by atoms with van der Waals surface area (Å²) in [5, 5.41) is 0.488. The van der Waals surface area contributed by atoms with Crippen LogP contribution in [-0.4, -0.2) is 51.3 Å². The number of nitrogens with zero attached hydrogens (tertiary/aromatic N) is 4. The molecule has 1 fully saturated rings. The topological polar surface area (TPSA) is 71.1 Å². The number of hydrogen-bond donors (Lipinski definition) is 0. The predicted molar refractivity (Wildman–Crippen MR) is 109 cm³/mol. The average molecular weight is 388 g/mol. The monoisotopic (exact) mass is 388 g/mol. The lowest BCUT2D eigenvalue weighted by Gasteiger charge is -2.34. The number of amides is 1. The minimum atomic E-state index is -0.234. The summed E-state index contributed by atoms with van der Waals surface area (Å²) in [7, 11) is 0. The summed E-state index contributed by atoms with van der Waals surface area (Å²) in [6.07, 6.45) is 3.91. The van der Waals surface area contributed by atoms with Crippen molar-refractivity contribution in [1.82, 2.24) is 19.2 Å². The van der Waals surface area contributed by atoms with E-state index in [9.17, 15) is 9.59 Å². The zero-order valence-corrected chi connectivity index (χ0v) is 15.8. The first-order chi connectivity index (χ1) is 14.2. The van der Waals surface area contributed by atoms with Crippen LogP contribution in [0.25, 0.3) is 16.6 Å². The van der Waals surface area contributed by atoms with Crippen LogP contribution in [0.5, 0.6) is 0 Å². The van der Waals surface area contributed by atoms with Gasteiger partial charge in [0.25, 0.3) is 5.91 Å². The highest BCUT2D eigenvalue weighted by Gasteiger charge is 2.25. The Hall–Kier alpha value is -3.45. The molecule has 1 aliphatic rings. The summed E-state index contributed by atoms with van der Waals surface area (Å²) < 4.78 is 7.79. The number of imidazole rings is 1. The van der Waals surface area contributed by atoms with Crippen molar-refractivity contribution in [3.8, 4) is 0 Å². The standard InChI is InChI=1S/C22H20N4O3/c27-18-13-20(29-19-6-2-1-5-17(18)19)22(28)25-11-9-24(10-12-25)15-16-14-23-21-7-3-4-8-26(16)21/h1-8,13-14H,9-12,15H2. The smallest absolute Gasteiger partial charge is 0.289 e. The highest BCUT2D eigenvalue weighted by molar-refractivity contribution is 5.93. The van der Waals surface area contributed by atoms with Gasteiger partial charge in [-0.1, -0.05) is 18.2 Å². The summed E-state index contributed by atoms with van der Waals surface area (Å²) >= 11 is 0. The van der Waals surface area contributed by atoms with Crippen molar-refractivity contribution in [2.75, 3.05) is 26.2 Å². The van der Waals surface area contributed by atoms with Crippen molar-refractivity contribution in [3.05, 3.63) is 82.6 Å². The van der Waals surface area contributed by atoms with E-state index in [2.05, 4.69) is 14.3 Å². The van der Waals surface area contributed by atoms with Crippen molar-refractivity contribution in [3.63, 3.8) is 0 Å². The second kappa shape index (κ2) is 7.18. The minimum absolute atomic E-state index is 0.101. The van der Waals surface area contributed by atoms with Gasteiger partial charge in [-0.25, -0.2) is 4.98 Å². The van der Waals surface area contributed by atoms with Crippen molar-refractivity contribution in [2.24, 2.45) is 0 Å². The van der Waals surface area contributed by atoms with Crippen molar-refractivity contribution < 1.29 is 9.21 Å². The van der Waals surface area contributed by atoms with Crippen LogP contribution < -0.4 is 5.43 Å². The summed E-state index contributed by atoms with van der Waals surface area (Å²) in [5.74, 6) is -0.133. The summed E-state index contributed by atoms with van der Waals surface area (Å²) in [4.78, 5) is 33.6. The maximum atomic E-state index is 12.9. The van der Waals surface area contributed by atoms with E-state index in [-0.39, 0.29) is 17.1 Å². The molecule has 0 N–H and O–H groups in total. The van der Waals surface area contributed by atoms with Gasteiger partial charge in [-0.05, 0) is 24.3 Å². The van der Waals surface area contributed by atoms with Crippen LogP contribution in [-0.2, 0) is 6.54 Å². The molecule has 0 unspecified atom stereocenters. The second-order valence-corrected chi connectivity index (χ2v) is 7.22. The van der Waals surface area contributed by atoms with Gasteiger partial charge in [0.2, 0.25) is 0 Å². The first kappa shape index (κ1) is 17.6. The van der Waals surface area contributed by atoms with Crippen molar-refractivity contribution in [1.29, 1.82) is 0 Å². The van der Waals surface area contributed by atoms with Crippen LogP contribution in [0.15, 0.2) is 70.1 Å². The molecule has 4 aromatic rings. The zero-order chi connectivity index (χ0) is 19.8. The molecule has 1 aromatic carbocycles. The van der Waals surface area contributed by atoms with Gasteiger partial charge in [-0.2, -0.15) is 0 Å². The molecular formula is C22H20N4O3. The Balaban J connectivity index is 1.28. The first-order valence-electron chi connectivity index (χ1n) is 9.64. The van der Waals surface area contributed by atoms with Gasteiger partial charge >= 0.3 is 0 Å². The third-order valence-corrected chi connectivity index (χ3v) is 5.38. The normalized spacial score (nSPS) is 15.2. The van der Waals surface area contributed by atoms with Gasteiger partial charge in [-0.3, -0.25) is 14.5 Å². The molecule has 146 valence electrons. The lowest BCUT2D eigenvalue weighted by atomic mass is 10.2. The zero-order valence-electron chi connectivity index (χ0n) is 15.8. The van der Waals surface area contributed by atoms with E-state index >= 15 is 0 Å². The van der Waals surface area contributed by atoms with Gasteiger partial charge in [0.05, 0.1) is 17.3 Å². The van der Waals surface area contributed by atoms with E-state index in [4.69, 9.17) is 4.42 Å². The number of pyridine rings is 1. The van der Waals surface area contributed by atoms with E-state index in [1.165, 1.54) is 6.07 Å². The molecule has 5 rings (SSSR count). The maximum absolute atomic E-state index is 12.9. The van der Waals surface area contributed by atoms with Gasteiger partial charge in [0, 0.05) is 45.0 Å². The summed E-state index contributed by atoms with van der Waals surface area (Å²) in [6, 6.07) is 14.2. The highest BCUT2D eigenvalue weighted by Crippen LogP contribution is 2.16. The number of fused-ring (bicyclic) bond motifs is 2. The first-order valence-corrected chi connectivity index (χ1v) is 9.64. The van der Waals surface area contributed by atoms with E-state index < -0.39 is 0 Å². The molecule has 29 heavy (non-hydrogen) atoms. The number of benzene rings is 1. The molecule has 0 radical (unpaired) electrons. The molecule has 0 atom stereocenters. The minimum Gasteiger partial charge on any atom is -0.451 e. The molecule has 3 aromatic heterocycles. The third-order valence-electron chi connectivity index (χ3n) is 5.38. The van der Waals surface area contributed by atoms with E-state index in [0.717, 1.165) is 31.0 Å². The van der Waals surface area contributed by atoms with Crippen molar-refractivity contribution in [2.45, 2.75) is 6.54 Å². The third kappa shape index (κ3) is 3.30. The number of aromatic nitrogens is 2. The number of para-hydroxylation sites is 1. The van der Waals surface area contributed by atoms with Crippen LogP contribution >= 0.6 is 0 Å². The van der Waals surface area contributed by atoms with Gasteiger partial charge in [-0.15, -0.1) is 0 Å². The fourth-order valence-electron chi connectivity index (χ4n) is 3.81. The molecule has 0 saturated carbocycles. The maximum Gasteiger partial charge on any atom is 0.289 e. The van der Waals surface area contributed by atoms with E-state index in [1.54, 1.807) is 29.2 Å². The second-order valence-electron chi connectivity index (χ2n) is 7.22. The molecule has 1 amide bonds. The van der Waals surface area contributed by atoms with Crippen LogP contribution in [0.2, 0.25) is 0 Å². The largest absolute Gasteiger partial charge is 0.451 e. The molecular weight excluding hydrogens is 368 g/mol. The van der Waals surface area contributed by atoms with E-state index in [1.807, 2.05) is 30.6 Å². The number of rotatable bonds is 3. The number of carbonyl (C=O) groups excluding carboxylic acids is 1. The molecule has 1 saturated heterocycles. The molecule has 4 heterocycles. The Labute approximate surface area is 166 Å². The molecule has 7 nitrogen and oxygen atoms in total. The lowest BCUT2D eigenvalue weighted by Crippen LogP contribution is -2.48. The van der Waals surface area contributed by atoms with Gasteiger partial charge < -0.3 is 13.7 Å². The predicted octanol–water partition coefficient (Wildman–Crippen LogP) is 2.40. The molecule has 0 bridgehead atoms. The molecule has 0 aliphatic carbocycles. The van der Waals surface area contributed by atoms with Crippen LogP contribution in [0, 0.1) is 0 Å². The molecule has 0 spiro atoms. The van der Waals surface area contributed by atoms with Gasteiger partial charge in [0.1, 0.15) is 11.2 Å². The molecule has 1 aliphatic heterocycles. The Kier molecular flexibility index (Phi) is 4.37. The summed E-state index contributed by atoms with van der Waals surface area (Å²) in [6.45, 7) is 3.46. The van der Waals surface area contributed by atoms with Gasteiger partial charge in [0.15, 0.2) is 11.2 Å². The van der Waals surface area contributed by atoms with Crippen LogP contribution in [0.3, 0.4) is 0 Å². The van der Waals surface area contributed by atoms with Crippen LogP contribution in [0.1, 0.15) is 16.2 Å². The Morgan fingerprint density at radius 2 is 1.83 bits per heavy atom. The average Bonchev–Trinajstić information content (AvgIpc) is 3.17. The SMILES string of the molecule is O=C(c1cc(=O)c2ccccc2o1)N1CCN(Cc2cnc3ccccn23)CC1. The Morgan fingerprint density at radius 3 is 2.69 bits per heavy atom. The number of piperazine rings is 1. The molecule has 7 heteroatoms. The van der Waals surface area contributed by atoms with Crippen molar-refractivity contribution >= 4 is 22.5 Å². The highest BCUT2D eigenvalue weighted by atomic mass is 16.3.